The van der Waals surface area contributed by atoms with E-state index >= 15 is 0 Å². The van der Waals surface area contributed by atoms with Crippen molar-refractivity contribution in [3.8, 4) is 0 Å². The predicted molar refractivity (Wildman–Crippen MR) is 15.8 cm³/mol. The van der Waals surface area contributed by atoms with Crippen molar-refractivity contribution >= 4 is 23.1 Å². The molecule has 38 valence electrons. The quantitative estimate of drug-likeness (QED) is 0.306. The van der Waals surface area contributed by atoms with E-state index in [1.54, 1.807) is 0 Å². The largest absolute Gasteiger partial charge is 2.00 e. The topological polar surface area (TPSA) is 0 Å². The van der Waals surface area contributed by atoms with Crippen molar-refractivity contribution in [1.82, 2.24) is 0 Å². The van der Waals surface area contributed by atoms with Gasteiger partial charge in [-0.2, -0.15) is 0 Å². The average molecular weight is 185 g/mol. The molecule has 0 aliphatic carbocycles. The number of hydrogen-bond acceptors (Lipinski definition) is 0. The Hall–Kier alpha value is 0.776. The molecule has 0 aliphatic rings. The molecule has 0 N–H and O–H groups in total. The second-order valence-corrected chi connectivity index (χ2v) is 0.355. The minimum absolute atomic E-state index is 0. The van der Waals surface area contributed by atoms with Crippen LogP contribution in [0.4, 0.5) is 13.2 Å². The molecule has 0 nitrogen and oxygen atoms in total. The third-order valence-electron chi connectivity index (χ3n) is 0.0714. The summed E-state index contributed by atoms with van der Waals surface area (Å²) in [5.41, 5.74) is 0. The molecule has 0 aromatic rings. The van der Waals surface area contributed by atoms with Gasteiger partial charge >= 0.3 is 23.1 Å². The van der Waals surface area contributed by atoms with E-state index in [0.717, 1.165) is 0 Å². The minimum atomic E-state index is -2.41. The van der Waals surface area contributed by atoms with Crippen LogP contribution in [0.25, 0.3) is 0 Å². The van der Waals surface area contributed by atoms with E-state index in [4.69, 9.17) is 0 Å². The SMILES string of the molecule is F[C-]=C(F)F.[Br-].[Mg+2]. The van der Waals surface area contributed by atoms with Gasteiger partial charge in [-0.05, 0) is 0 Å². The third-order valence-corrected chi connectivity index (χ3v) is 0.0714. The third kappa shape index (κ3) is 20.1. The fourth-order valence-corrected chi connectivity index (χ4v) is 0. The van der Waals surface area contributed by atoms with E-state index < -0.39 is 6.08 Å². The molecular weight excluding hydrogens is 185 g/mol. The molecule has 0 heterocycles. The van der Waals surface area contributed by atoms with Gasteiger partial charge < -0.3 is 21.4 Å². The van der Waals surface area contributed by atoms with Crippen molar-refractivity contribution in [2.24, 2.45) is 0 Å². The van der Waals surface area contributed by atoms with E-state index in [-0.39, 0.29) is 46.4 Å². The maximum atomic E-state index is 10.2. The van der Waals surface area contributed by atoms with Gasteiger partial charge in [0.1, 0.15) is 6.08 Å². The first-order valence-electron chi connectivity index (χ1n) is 0.817. The first-order valence-corrected chi connectivity index (χ1v) is 0.817. The standard InChI is InChI=1S/C2F3.BrH.Mg/c3-1-2(4)5;;/h;1H;/q-1;;+2/p-1. The van der Waals surface area contributed by atoms with Crippen LogP contribution >= 0.6 is 0 Å². The number of halogens is 4. The first-order chi connectivity index (χ1) is 2.27. The summed E-state index contributed by atoms with van der Waals surface area (Å²) < 4.78 is 30.5. The van der Waals surface area contributed by atoms with E-state index in [1.807, 2.05) is 0 Å². The van der Waals surface area contributed by atoms with Crippen LogP contribution in [0, 0.1) is 6.33 Å². The van der Waals surface area contributed by atoms with E-state index in [2.05, 4.69) is 0 Å². The molecule has 0 rings (SSSR count). The van der Waals surface area contributed by atoms with Crippen molar-refractivity contribution < 1.29 is 30.2 Å². The van der Waals surface area contributed by atoms with Gasteiger partial charge in [-0.3, -0.25) is 0 Å². The monoisotopic (exact) mass is 184 g/mol. The van der Waals surface area contributed by atoms with Crippen LogP contribution in [0.3, 0.4) is 0 Å². The molecule has 0 aromatic carbocycles. The molecule has 0 aromatic heterocycles. The molecule has 7 heavy (non-hydrogen) atoms. The van der Waals surface area contributed by atoms with E-state index in [1.165, 1.54) is 0 Å². The summed E-state index contributed by atoms with van der Waals surface area (Å²) in [7, 11) is 0. The Morgan fingerprint density at radius 3 is 1.43 bits per heavy atom. The summed E-state index contributed by atoms with van der Waals surface area (Å²) in [6.45, 7) is 0. The summed E-state index contributed by atoms with van der Waals surface area (Å²) >= 11 is 0. The van der Waals surface area contributed by atoms with Gasteiger partial charge in [0.15, 0.2) is 0 Å². The fraction of sp³-hybridized carbons (Fsp3) is 0. The van der Waals surface area contributed by atoms with Crippen LogP contribution < -0.4 is 17.0 Å². The van der Waals surface area contributed by atoms with Crippen molar-refractivity contribution in [3.63, 3.8) is 0 Å². The Morgan fingerprint density at radius 2 is 1.43 bits per heavy atom. The second-order valence-electron chi connectivity index (χ2n) is 0.355. The predicted octanol–water partition coefficient (Wildman–Crippen LogP) is -1.88. The van der Waals surface area contributed by atoms with Crippen LogP contribution in [0.1, 0.15) is 0 Å². The average Bonchev–Trinajstić information content (AvgIpc) is 1.38. The normalized spacial score (nSPS) is 5.00. The zero-order valence-corrected chi connectivity index (χ0v) is 6.22. The molecule has 0 fully saturated rings. The van der Waals surface area contributed by atoms with Gasteiger partial charge in [-0.25, -0.2) is 15.1 Å². The first kappa shape index (κ1) is 15.7. The molecule has 0 bridgehead atoms. The van der Waals surface area contributed by atoms with Gasteiger partial charge in [0.2, 0.25) is 0 Å². The molecule has 0 radical (unpaired) electrons. The summed E-state index contributed by atoms with van der Waals surface area (Å²) in [6.07, 6.45) is -2.30. The van der Waals surface area contributed by atoms with Gasteiger partial charge in [0, 0.05) is 0 Å². The fourth-order valence-electron chi connectivity index (χ4n) is 0. The van der Waals surface area contributed by atoms with Gasteiger partial charge in [0.25, 0.3) is 0 Å². The Bertz CT molecular complexity index is 50.9. The molecule has 0 unspecified atom stereocenters. The van der Waals surface area contributed by atoms with Crippen LogP contribution in [0.2, 0.25) is 0 Å². The van der Waals surface area contributed by atoms with Crippen molar-refractivity contribution in [1.29, 1.82) is 0 Å². The van der Waals surface area contributed by atoms with Crippen LogP contribution in [-0.4, -0.2) is 23.1 Å². The van der Waals surface area contributed by atoms with Crippen molar-refractivity contribution in [2.45, 2.75) is 0 Å². The molecule has 5 heteroatoms. The molecule has 0 spiro atoms. The van der Waals surface area contributed by atoms with E-state index in [9.17, 15) is 13.2 Å². The molecule has 0 atom stereocenters. The molecule has 0 saturated heterocycles. The van der Waals surface area contributed by atoms with Gasteiger partial charge in [-0.15, -0.1) is 0 Å². The van der Waals surface area contributed by atoms with Crippen molar-refractivity contribution in [2.75, 3.05) is 0 Å². The summed E-state index contributed by atoms with van der Waals surface area (Å²) in [5.74, 6) is 0. The molecule has 0 amide bonds. The zero-order valence-electron chi connectivity index (χ0n) is 3.22. The Balaban J connectivity index is -0.0000000800. The molecular formula is C2BrF3Mg. The summed E-state index contributed by atoms with van der Waals surface area (Å²) in [6, 6.07) is 0. The zero-order chi connectivity index (χ0) is 4.28. The second kappa shape index (κ2) is 9.91. The number of rotatable bonds is 0. The van der Waals surface area contributed by atoms with Gasteiger partial charge in [-0.1, -0.05) is 0 Å². The van der Waals surface area contributed by atoms with Crippen LogP contribution in [0.15, 0.2) is 6.08 Å². The smallest absolute Gasteiger partial charge is 1.00 e. The Labute approximate surface area is 65.7 Å². The summed E-state index contributed by atoms with van der Waals surface area (Å²) in [5, 5.41) is 0. The van der Waals surface area contributed by atoms with Gasteiger partial charge in [0.05, 0.1) is 0 Å². The minimum Gasteiger partial charge on any atom is -1.00 e. The molecule has 0 aliphatic heterocycles. The number of hydrogen-bond donors (Lipinski definition) is 0. The maximum absolute atomic E-state index is 10.2. The van der Waals surface area contributed by atoms with Crippen LogP contribution in [-0.2, 0) is 0 Å². The van der Waals surface area contributed by atoms with Crippen LogP contribution in [0.5, 0.6) is 0 Å². The summed E-state index contributed by atoms with van der Waals surface area (Å²) in [4.78, 5) is 0. The Morgan fingerprint density at radius 1 is 1.29 bits per heavy atom. The van der Waals surface area contributed by atoms with Crippen molar-refractivity contribution in [3.05, 3.63) is 12.4 Å². The maximum Gasteiger partial charge on any atom is 2.00 e. The van der Waals surface area contributed by atoms with E-state index in [0.29, 0.717) is 0 Å². The molecule has 0 saturated carbocycles. The Kier molecular flexibility index (Phi) is 22.2.